The number of rotatable bonds is 6. The van der Waals surface area contributed by atoms with Crippen LogP contribution >= 0.6 is 0 Å². The Morgan fingerprint density at radius 3 is 2.55 bits per heavy atom. The third-order valence-electron chi connectivity index (χ3n) is 4.36. The van der Waals surface area contributed by atoms with E-state index in [1.165, 1.54) is 37.9 Å². The van der Waals surface area contributed by atoms with Crippen LogP contribution in [0.15, 0.2) is 24.3 Å². The summed E-state index contributed by atoms with van der Waals surface area (Å²) in [5.41, 5.74) is 1.28. The van der Waals surface area contributed by atoms with Crippen LogP contribution in [0, 0.1) is 5.92 Å². The maximum absolute atomic E-state index is 9.28. The van der Waals surface area contributed by atoms with E-state index in [0.717, 1.165) is 18.9 Å². The van der Waals surface area contributed by atoms with Crippen LogP contribution in [-0.2, 0) is 6.42 Å². The maximum Gasteiger partial charge on any atom is 0.115 e. The fourth-order valence-corrected chi connectivity index (χ4v) is 2.94. The monoisotopic (exact) mass is 276 g/mol. The van der Waals surface area contributed by atoms with E-state index in [1.54, 1.807) is 12.1 Å². The Morgan fingerprint density at radius 1 is 1.25 bits per heavy atom. The van der Waals surface area contributed by atoms with E-state index in [1.807, 2.05) is 12.1 Å². The fraction of sp³-hybridized carbons (Fsp3) is 0.647. The van der Waals surface area contributed by atoms with Crippen molar-refractivity contribution in [1.29, 1.82) is 0 Å². The molecule has 1 aromatic carbocycles. The molecule has 1 unspecified atom stereocenters. The molecule has 0 aromatic heterocycles. The van der Waals surface area contributed by atoms with Crippen LogP contribution in [-0.4, -0.2) is 42.7 Å². The van der Waals surface area contributed by atoms with Gasteiger partial charge < -0.3 is 15.3 Å². The van der Waals surface area contributed by atoms with Crippen molar-refractivity contribution in [2.45, 2.75) is 38.6 Å². The zero-order valence-corrected chi connectivity index (χ0v) is 12.8. The van der Waals surface area contributed by atoms with Crippen LogP contribution in [0.5, 0.6) is 5.75 Å². The Kier molecular flexibility index (Phi) is 5.86. The van der Waals surface area contributed by atoms with E-state index in [2.05, 4.69) is 24.2 Å². The molecule has 1 aliphatic rings. The zero-order valence-electron chi connectivity index (χ0n) is 12.8. The summed E-state index contributed by atoms with van der Waals surface area (Å²) >= 11 is 0. The van der Waals surface area contributed by atoms with Gasteiger partial charge in [0.15, 0.2) is 0 Å². The fourth-order valence-electron chi connectivity index (χ4n) is 2.94. The van der Waals surface area contributed by atoms with Crippen molar-refractivity contribution in [1.82, 2.24) is 10.2 Å². The first-order valence-corrected chi connectivity index (χ1v) is 7.83. The number of piperidine rings is 1. The van der Waals surface area contributed by atoms with Crippen molar-refractivity contribution >= 4 is 0 Å². The SMILES string of the molecule is CC(Cc1ccc(O)cc1)NCCC1CCN(C)CC1. The van der Waals surface area contributed by atoms with Gasteiger partial charge in [0.25, 0.3) is 0 Å². The molecule has 0 bridgehead atoms. The Hall–Kier alpha value is -1.06. The van der Waals surface area contributed by atoms with Gasteiger partial charge in [-0.1, -0.05) is 12.1 Å². The minimum Gasteiger partial charge on any atom is -0.508 e. The molecule has 1 aliphatic heterocycles. The number of likely N-dealkylation sites (tertiary alicyclic amines) is 1. The number of nitrogens with one attached hydrogen (secondary N) is 1. The van der Waals surface area contributed by atoms with Gasteiger partial charge in [-0.15, -0.1) is 0 Å². The number of hydrogen-bond acceptors (Lipinski definition) is 3. The minimum absolute atomic E-state index is 0.344. The molecule has 0 saturated carbocycles. The van der Waals surface area contributed by atoms with E-state index in [9.17, 15) is 5.11 Å². The van der Waals surface area contributed by atoms with Gasteiger partial charge in [-0.05, 0) is 82.9 Å². The zero-order chi connectivity index (χ0) is 14.4. The average molecular weight is 276 g/mol. The predicted molar refractivity (Wildman–Crippen MR) is 84.1 cm³/mol. The summed E-state index contributed by atoms with van der Waals surface area (Å²) in [5.74, 6) is 1.25. The molecule has 0 radical (unpaired) electrons. The summed E-state index contributed by atoms with van der Waals surface area (Å²) in [7, 11) is 2.22. The first-order chi connectivity index (χ1) is 9.63. The third-order valence-corrected chi connectivity index (χ3v) is 4.36. The van der Waals surface area contributed by atoms with E-state index < -0.39 is 0 Å². The van der Waals surface area contributed by atoms with Crippen LogP contribution < -0.4 is 5.32 Å². The molecule has 2 rings (SSSR count). The number of hydrogen-bond donors (Lipinski definition) is 2. The Morgan fingerprint density at radius 2 is 1.90 bits per heavy atom. The van der Waals surface area contributed by atoms with Crippen molar-refractivity contribution in [3.63, 3.8) is 0 Å². The second kappa shape index (κ2) is 7.65. The molecular formula is C17H28N2O. The van der Waals surface area contributed by atoms with Gasteiger partial charge in [-0.25, -0.2) is 0 Å². The third kappa shape index (κ3) is 5.14. The molecule has 20 heavy (non-hydrogen) atoms. The maximum atomic E-state index is 9.28. The topological polar surface area (TPSA) is 35.5 Å². The average Bonchev–Trinajstić information content (AvgIpc) is 2.44. The molecule has 1 fully saturated rings. The van der Waals surface area contributed by atoms with Crippen molar-refractivity contribution in [3.8, 4) is 5.75 Å². The summed E-state index contributed by atoms with van der Waals surface area (Å²) in [6.45, 7) is 5.87. The highest BCUT2D eigenvalue weighted by atomic mass is 16.3. The molecule has 0 amide bonds. The summed E-state index contributed by atoms with van der Waals surface area (Å²) in [5, 5.41) is 12.9. The van der Waals surface area contributed by atoms with Gasteiger partial charge in [0.2, 0.25) is 0 Å². The van der Waals surface area contributed by atoms with Crippen LogP contribution in [0.2, 0.25) is 0 Å². The number of aromatic hydroxyl groups is 1. The van der Waals surface area contributed by atoms with Gasteiger partial charge in [-0.3, -0.25) is 0 Å². The molecule has 112 valence electrons. The first kappa shape index (κ1) is 15.3. The normalized spacial score (nSPS) is 19.1. The number of phenolic OH excluding ortho intramolecular Hbond substituents is 1. The molecule has 1 aromatic rings. The summed E-state index contributed by atoms with van der Waals surface area (Å²) in [4.78, 5) is 2.43. The van der Waals surface area contributed by atoms with Gasteiger partial charge in [0.1, 0.15) is 5.75 Å². The largest absolute Gasteiger partial charge is 0.508 e. The highest BCUT2D eigenvalue weighted by Crippen LogP contribution is 2.19. The van der Waals surface area contributed by atoms with E-state index in [4.69, 9.17) is 0 Å². The molecule has 2 N–H and O–H groups in total. The Balaban J connectivity index is 1.62. The Labute approximate surface area is 123 Å². The van der Waals surface area contributed by atoms with E-state index in [-0.39, 0.29) is 0 Å². The second-order valence-corrected chi connectivity index (χ2v) is 6.26. The lowest BCUT2D eigenvalue weighted by molar-refractivity contribution is 0.210. The quantitative estimate of drug-likeness (QED) is 0.838. The lowest BCUT2D eigenvalue weighted by Crippen LogP contribution is -2.34. The molecule has 0 aliphatic carbocycles. The number of phenols is 1. The molecule has 3 nitrogen and oxygen atoms in total. The summed E-state index contributed by atoms with van der Waals surface area (Å²) < 4.78 is 0. The highest BCUT2D eigenvalue weighted by Gasteiger charge is 2.16. The van der Waals surface area contributed by atoms with Crippen molar-refractivity contribution in [2.75, 3.05) is 26.7 Å². The second-order valence-electron chi connectivity index (χ2n) is 6.26. The lowest BCUT2D eigenvalue weighted by atomic mass is 9.94. The van der Waals surface area contributed by atoms with Crippen LogP contribution in [0.4, 0.5) is 0 Å². The molecule has 1 saturated heterocycles. The molecule has 1 heterocycles. The van der Waals surface area contributed by atoms with Crippen molar-refractivity contribution in [2.24, 2.45) is 5.92 Å². The van der Waals surface area contributed by atoms with Gasteiger partial charge >= 0.3 is 0 Å². The molecule has 3 heteroatoms. The van der Waals surface area contributed by atoms with Gasteiger partial charge in [-0.2, -0.15) is 0 Å². The van der Waals surface area contributed by atoms with Crippen LogP contribution in [0.1, 0.15) is 31.7 Å². The van der Waals surface area contributed by atoms with E-state index in [0.29, 0.717) is 11.8 Å². The summed E-state index contributed by atoms with van der Waals surface area (Å²) in [6, 6.07) is 8.03. The smallest absolute Gasteiger partial charge is 0.115 e. The minimum atomic E-state index is 0.344. The van der Waals surface area contributed by atoms with Crippen molar-refractivity contribution in [3.05, 3.63) is 29.8 Å². The number of benzene rings is 1. The van der Waals surface area contributed by atoms with Crippen LogP contribution in [0.3, 0.4) is 0 Å². The van der Waals surface area contributed by atoms with Gasteiger partial charge in [0.05, 0.1) is 0 Å². The lowest BCUT2D eigenvalue weighted by Gasteiger charge is -2.29. The predicted octanol–water partition coefficient (Wildman–Crippen LogP) is 2.64. The number of nitrogens with zero attached hydrogens (tertiary/aromatic N) is 1. The van der Waals surface area contributed by atoms with Crippen molar-refractivity contribution < 1.29 is 5.11 Å². The molecule has 0 spiro atoms. The van der Waals surface area contributed by atoms with Crippen LogP contribution in [0.25, 0.3) is 0 Å². The highest BCUT2D eigenvalue weighted by molar-refractivity contribution is 5.26. The molecule has 1 atom stereocenters. The van der Waals surface area contributed by atoms with Gasteiger partial charge in [0, 0.05) is 6.04 Å². The van der Waals surface area contributed by atoms with E-state index >= 15 is 0 Å². The standard InChI is InChI=1S/C17H28N2O/c1-14(13-16-3-5-17(20)6-4-16)18-10-7-15-8-11-19(2)12-9-15/h3-6,14-15,18,20H,7-13H2,1-2H3. The first-order valence-electron chi connectivity index (χ1n) is 7.83. The summed E-state index contributed by atoms with van der Waals surface area (Å²) in [6.07, 6.45) is 5.02. The Bertz CT molecular complexity index is 382. The molecular weight excluding hydrogens is 248 g/mol.